The molecule has 2 aromatic rings. The lowest BCUT2D eigenvalue weighted by molar-refractivity contribution is 0.0992. The van der Waals surface area contributed by atoms with E-state index in [1.54, 1.807) is 23.2 Å². The van der Waals surface area contributed by atoms with E-state index in [0.29, 0.717) is 23.0 Å². The van der Waals surface area contributed by atoms with E-state index in [4.69, 9.17) is 11.6 Å². The van der Waals surface area contributed by atoms with Gasteiger partial charge in [-0.2, -0.15) is 0 Å². The van der Waals surface area contributed by atoms with Crippen LogP contribution in [0.1, 0.15) is 16.2 Å². The van der Waals surface area contributed by atoms with Gasteiger partial charge in [-0.15, -0.1) is 0 Å². The number of amides is 1. The SMILES string of the molecule is O=C1c2nccnc2CN1c1ccc(Cl)cc1. The van der Waals surface area contributed by atoms with E-state index in [-0.39, 0.29) is 5.91 Å². The maximum atomic E-state index is 12.1. The lowest BCUT2D eigenvalue weighted by atomic mass is 10.3. The van der Waals surface area contributed by atoms with Crippen molar-refractivity contribution in [2.75, 3.05) is 4.90 Å². The Morgan fingerprint density at radius 2 is 1.82 bits per heavy atom. The molecule has 0 unspecified atom stereocenters. The molecule has 1 amide bonds. The van der Waals surface area contributed by atoms with Gasteiger partial charge in [-0.3, -0.25) is 9.78 Å². The quantitative estimate of drug-likeness (QED) is 0.774. The number of anilines is 1. The van der Waals surface area contributed by atoms with Crippen LogP contribution >= 0.6 is 11.6 Å². The van der Waals surface area contributed by atoms with Gasteiger partial charge in [0, 0.05) is 23.1 Å². The second kappa shape index (κ2) is 3.82. The van der Waals surface area contributed by atoms with E-state index in [1.165, 1.54) is 6.20 Å². The molecule has 0 saturated heterocycles. The van der Waals surface area contributed by atoms with Crippen LogP contribution in [-0.2, 0) is 6.54 Å². The summed E-state index contributed by atoms with van der Waals surface area (Å²) >= 11 is 5.82. The summed E-state index contributed by atoms with van der Waals surface area (Å²) in [7, 11) is 0. The standard InChI is InChI=1S/C12H8ClN3O/c13-8-1-3-9(4-2-8)16-7-10-11(12(16)17)15-6-5-14-10/h1-6H,7H2. The van der Waals surface area contributed by atoms with Crippen LogP contribution in [0.2, 0.25) is 5.02 Å². The number of nitrogens with zero attached hydrogens (tertiary/aromatic N) is 3. The number of hydrogen-bond acceptors (Lipinski definition) is 3. The minimum absolute atomic E-state index is 0.115. The summed E-state index contributed by atoms with van der Waals surface area (Å²) in [5.74, 6) is -0.115. The third kappa shape index (κ3) is 1.66. The highest BCUT2D eigenvalue weighted by molar-refractivity contribution is 6.30. The van der Waals surface area contributed by atoms with E-state index in [9.17, 15) is 4.79 Å². The number of fused-ring (bicyclic) bond motifs is 1. The van der Waals surface area contributed by atoms with E-state index < -0.39 is 0 Å². The number of aromatic nitrogens is 2. The summed E-state index contributed by atoms with van der Waals surface area (Å²) in [6.07, 6.45) is 3.12. The van der Waals surface area contributed by atoms with Gasteiger partial charge < -0.3 is 4.90 Å². The highest BCUT2D eigenvalue weighted by atomic mass is 35.5. The van der Waals surface area contributed by atoms with Gasteiger partial charge in [0.2, 0.25) is 0 Å². The predicted octanol–water partition coefficient (Wildman–Crippen LogP) is 2.29. The van der Waals surface area contributed by atoms with Crippen molar-refractivity contribution in [3.63, 3.8) is 0 Å². The molecule has 0 saturated carbocycles. The van der Waals surface area contributed by atoms with Gasteiger partial charge in [-0.1, -0.05) is 11.6 Å². The summed E-state index contributed by atoms with van der Waals surface area (Å²) in [6.45, 7) is 0.462. The molecule has 4 nitrogen and oxygen atoms in total. The summed E-state index contributed by atoms with van der Waals surface area (Å²) in [6, 6.07) is 7.14. The molecule has 5 heteroatoms. The Labute approximate surface area is 103 Å². The Bertz CT molecular complexity index is 583. The highest BCUT2D eigenvalue weighted by Gasteiger charge is 2.30. The number of halogens is 1. The van der Waals surface area contributed by atoms with Gasteiger partial charge in [0.25, 0.3) is 5.91 Å². The van der Waals surface area contributed by atoms with E-state index in [1.807, 2.05) is 12.1 Å². The monoisotopic (exact) mass is 245 g/mol. The number of hydrogen-bond donors (Lipinski definition) is 0. The smallest absolute Gasteiger partial charge is 0.279 e. The second-order valence-electron chi connectivity index (χ2n) is 3.72. The molecule has 84 valence electrons. The fourth-order valence-corrected chi connectivity index (χ4v) is 1.97. The van der Waals surface area contributed by atoms with Gasteiger partial charge in [0.05, 0.1) is 12.2 Å². The van der Waals surface area contributed by atoms with Crippen LogP contribution in [-0.4, -0.2) is 15.9 Å². The number of benzene rings is 1. The molecule has 0 atom stereocenters. The molecule has 0 radical (unpaired) electrons. The van der Waals surface area contributed by atoms with Crippen LogP contribution in [0.3, 0.4) is 0 Å². The van der Waals surface area contributed by atoms with Crippen molar-refractivity contribution in [3.05, 3.63) is 53.1 Å². The van der Waals surface area contributed by atoms with Gasteiger partial charge >= 0.3 is 0 Å². The molecule has 1 aromatic heterocycles. The minimum Gasteiger partial charge on any atom is -0.301 e. The van der Waals surface area contributed by atoms with Crippen molar-refractivity contribution in [1.82, 2.24) is 9.97 Å². The zero-order valence-corrected chi connectivity index (χ0v) is 9.55. The lowest BCUT2D eigenvalue weighted by Gasteiger charge is -2.14. The summed E-state index contributed by atoms with van der Waals surface area (Å²) in [5, 5.41) is 0.647. The molecule has 2 heterocycles. The molecule has 1 aliphatic rings. The van der Waals surface area contributed by atoms with Gasteiger partial charge in [-0.05, 0) is 24.3 Å². The number of carbonyl (C=O) groups excluding carboxylic acids is 1. The Kier molecular flexibility index (Phi) is 2.30. The molecular formula is C12H8ClN3O. The van der Waals surface area contributed by atoms with E-state index in [0.717, 1.165) is 5.69 Å². The van der Waals surface area contributed by atoms with Gasteiger partial charge in [-0.25, -0.2) is 4.98 Å². The first-order chi connectivity index (χ1) is 8.25. The molecule has 1 aromatic carbocycles. The summed E-state index contributed by atoms with van der Waals surface area (Å²) < 4.78 is 0. The Balaban J connectivity index is 1.99. The second-order valence-corrected chi connectivity index (χ2v) is 4.16. The Hall–Kier alpha value is -1.94. The fourth-order valence-electron chi connectivity index (χ4n) is 1.84. The molecule has 17 heavy (non-hydrogen) atoms. The van der Waals surface area contributed by atoms with E-state index >= 15 is 0 Å². The van der Waals surface area contributed by atoms with Crippen LogP contribution in [0.4, 0.5) is 5.69 Å². The summed E-state index contributed by atoms with van der Waals surface area (Å²) in [5.41, 5.74) is 1.95. The van der Waals surface area contributed by atoms with Crippen molar-refractivity contribution in [1.29, 1.82) is 0 Å². The van der Waals surface area contributed by atoms with Crippen molar-refractivity contribution in [2.24, 2.45) is 0 Å². The molecule has 0 bridgehead atoms. The first-order valence-corrected chi connectivity index (χ1v) is 5.51. The lowest BCUT2D eigenvalue weighted by Crippen LogP contribution is -2.23. The number of carbonyl (C=O) groups is 1. The minimum atomic E-state index is -0.115. The van der Waals surface area contributed by atoms with Crippen LogP contribution in [0, 0.1) is 0 Å². The van der Waals surface area contributed by atoms with Gasteiger partial charge in [0.1, 0.15) is 0 Å². The Morgan fingerprint density at radius 3 is 2.53 bits per heavy atom. The zero-order valence-electron chi connectivity index (χ0n) is 8.80. The molecule has 3 rings (SSSR count). The highest BCUT2D eigenvalue weighted by Crippen LogP contribution is 2.26. The first kappa shape index (κ1) is 10.2. The molecular weight excluding hydrogens is 238 g/mol. The van der Waals surface area contributed by atoms with Crippen LogP contribution in [0.25, 0.3) is 0 Å². The first-order valence-electron chi connectivity index (χ1n) is 5.13. The predicted molar refractivity (Wildman–Crippen MR) is 64.0 cm³/mol. The van der Waals surface area contributed by atoms with Gasteiger partial charge in [0.15, 0.2) is 5.69 Å². The Morgan fingerprint density at radius 1 is 1.12 bits per heavy atom. The average Bonchev–Trinajstić information content (AvgIpc) is 2.69. The van der Waals surface area contributed by atoms with Crippen LogP contribution in [0.15, 0.2) is 36.7 Å². The molecule has 0 aliphatic carbocycles. The van der Waals surface area contributed by atoms with Crippen LogP contribution in [0.5, 0.6) is 0 Å². The summed E-state index contributed by atoms with van der Waals surface area (Å²) in [4.78, 5) is 21.9. The fraction of sp³-hybridized carbons (Fsp3) is 0.0833. The molecule has 0 spiro atoms. The van der Waals surface area contributed by atoms with Crippen molar-refractivity contribution in [3.8, 4) is 0 Å². The average molecular weight is 246 g/mol. The third-order valence-electron chi connectivity index (χ3n) is 2.67. The maximum absolute atomic E-state index is 12.1. The topological polar surface area (TPSA) is 46.1 Å². The third-order valence-corrected chi connectivity index (χ3v) is 2.92. The largest absolute Gasteiger partial charge is 0.301 e. The van der Waals surface area contributed by atoms with Crippen molar-refractivity contribution >= 4 is 23.2 Å². The van der Waals surface area contributed by atoms with E-state index in [2.05, 4.69) is 9.97 Å². The van der Waals surface area contributed by atoms with Crippen molar-refractivity contribution in [2.45, 2.75) is 6.54 Å². The molecule has 0 N–H and O–H groups in total. The van der Waals surface area contributed by atoms with Crippen LogP contribution < -0.4 is 4.90 Å². The maximum Gasteiger partial charge on any atom is 0.279 e. The molecule has 0 fully saturated rings. The number of rotatable bonds is 1. The zero-order chi connectivity index (χ0) is 11.8. The van der Waals surface area contributed by atoms with Crippen molar-refractivity contribution < 1.29 is 4.79 Å². The normalized spacial score (nSPS) is 13.9. The molecule has 1 aliphatic heterocycles.